The quantitative estimate of drug-likeness (QED) is 0.330. The van der Waals surface area contributed by atoms with Gasteiger partial charge in [-0.3, -0.25) is 0 Å². The Morgan fingerprint density at radius 2 is 1.22 bits per heavy atom. The standard InChI is InChI=1S/C31H60N4P2/c1-27(2,3)23-17-22(31(36,24-18-32-13-15-34-24)25-19-33-14-16-35-25)21(26(23)28(4,5)6)20-37(29(7,8)9)30(10,11)12/h17,24-26,32-35H,13-16,18-20,36H2,1-12H3. The molecule has 0 amide bonds. The zero-order chi connectivity index (χ0) is 28.0. The molecule has 2 fully saturated rings. The van der Waals surface area contributed by atoms with Gasteiger partial charge in [0.2, 0.25) is 0 Å². The Hall–Kier alpha value is 0.180. The van der Waals surface area contributed by atoms with E-state index in [9.17, 15) is 0 Å². The second kappa shape index (κ2) is 11.2. The van der Waals surface area contributed by atoms with Gasteiger partial charge in [0.1, 0.15) is 0 Å². The van der Waals surface area contributed by atoms with Crippen LogP contribution in [-0.4, -0.2) is 73.0 Å². The van der Waals surface area contributed by atoms with E-state index in [1.165, 1.54) is 6.16 Å². The SMILES string of the molecule is CC(C)(C)C1=CC(C(P)(C2CNCCN2)C2CNCCN2)=C(CP(C(C)(C)C)C(C)(C)C)C1C(C)(C)C. The molecule has 0 saturated carbocycles. The lowest BCUT2D eigenvalue weighted by atomic mass is 9.67. The van der Waals surface area contributed by atoms with E-state index < -0.39 is 0 Å². The van der Waals surface area contributed by atoms with Gasteiger partial charge in [0.25, 0.3) is 0 Å². The second-order valence-electron chi connectivity index (χ2n) is 15.9. The Labute approximate surface area is 233 Å². The Morgan fingerprint density at radius 3 is 1.54 bits per heavy atom. The van der Waals surface area contributed by atoms with Gasteiger partial charge in [-0.05, 0) is 32.9 Å². The number of rotatable bonds is 5. The molecule has 3 aliphatic rings. The highest BCUT2D eigenvalue weighted by Gasteiger charge is 2.52. The minimum atomic E-state index is -0.264. The molecule has 0 aromatic carbocycles. The minimum absolute atomic E-state index is 0.0938. The number of nitrogens with one attached hydrogen (secondary N) is 4. The van der Waals surface area contributed by atoms with Crippen LogP contribution in [-0.2, 0) is 0 Å². The topological polar surface area (TPSA) is 48.1 Å². The fraction of sp³-hybridized carbons (Fsp3) is 0.871. The van der Waals surface area contributed by atoms with E-state index in [4.69, 9.17) is 0 Å². The Kier molecular flexibility index (Phi) is 9.61. The molecular weight excluding hydrogens is 490 g/mol. The van der Waals surface area contributed by atoms with Crippen molar-refractivity contribution in [1.82, 2.24) is 21.3 Å². The second-order valence-corrected chi connectivity index (χ2v) is 20.7. The van der Waals surface area contributed by atoms with Crippen LogP contribution in [0.5, 0.6) is 0 Å². The van der Waals surface area contributed by atoms with E-state index in [2.05, 4.69) is 120 Å². The summed E-state index contributed by atoms with van der Waals surface area (Å²) in [5.41, 5.74) is 5.24. The Bertz CT molecular complexity index is 820. The van der Waals surface area contributed by atoms with E-state index in [0.29, 0.717) is 18.0 Å². The van der Waals surface area contributed by atoms with Crippen molar-refractivity contribution in [3.63, 3.8) is 0 Å². The van der Waals surface area contributed by atoms with E-state index in [1.807, 2.05) is 0 Å². The summed E-state index contributed by atoms with van der Waals surface area (Å²) >= 11 is 0. The summed E-state index contributed by atoms with van der Waals surface area (Å²) in [6.45, 7) is 35.8. The first-order chi connectivity index (χ1) is 16.8. The van der Waals surface area contributed by atoms with Gasteiger partial charge in [-0.2, -0.15) is 0 Å². The maximum Gasteiger partial charge on any atom is 0.0426 e. The van der Waals surface area contributed by atoms with Crippen molar-refractivity contribution in [3.05, 3.63) is 22.8 Å². The first-order valence-corrected chi connectivity index (χ1v) is 16.8. The maximum absolute atomic E-state index is 3.97. The average Bonchev–Trinajstić information content (AvgIpc) is 3.17. The number of piperazine rings is 2. The number of allylic oxidation sites excluding steroid dienone is 3. The van der Waals surface area contributed by atoms with Crippen molar-refractivity contribution < 1.29 is 0 Å². The van der Waals surface area contributed by atoms with Gasteiger partial charge in [0.05, 0.1) is 0 Å². The van der Waals surface area contributed by atoms with E-state index >= 15 is 0 Å². The summed E-state index contributed by atoms with van der Waals surface area (Å²) in [6.07, 6.45) is 3.90. The lowest BCUT2D eigenvalue weighted by Gasteiger charge is -2.50. The molecule has 0 spiro atoms. The molecule has 0 aromatic rings. The van der Waals surface area contributed by atoms with Crippen LogP contribution in [0.25, 0.3) is 0 Å². The lowest BCUT2D eigenvalue weighted by molar-refractivity contribution is 0.272. The van der Waals surface area contributed by atoms with E-state index in [0.717, 1.165) is 39.3 Å². The fourth-order valence-electron chi connectivity index (χ4n) is 7.14. The van der Waals surface area contributed by atoms with Crippen molar-refractivity contribution in [2.75, 3.05) is 45.4 Å². The molecule has 1 aliphatic carbocycles. The molecule has 2 heterocycles. The molecule has 3 rings (SSSR count). The van der Waals surface area contributed by atoms with Gasteiger partial charge in [-0.15, -0.1) is 9.24 Å². The summed E-state index contributed by atoms with van der Waals surface area (Å²) in [4.78, 5) is 0. The summed E-state index contributed by atoms with van der Waals surface area (Å²) in [5.74, 6) is 0.463. The van der Waals surface area contributed by atoms with Gasteiger partial charge in [-0.25, -0.2) is 0 Å². The number of hydrogen-bond donors (Lipinski definition) is 4. The molecule has 2 aliphatic heterocycles. The van der Waals surface area contributed by atoms with Crippen LogP contribution in [0.1, 0.15) is 83.1 Å². The highest BCUT2D eigenvalue weighted by Crippen LogP contribution is 2.64. The molecule has 0 radical (unpaired) electrons. The van der Waals surface area contributed by atoms with Crippen molar-refractivity contribution in [2.45, 2.75) is 111 Å². The zero-order valence-corrected chi connectivity index (χ0v) is 28.3. The van der Waals surface area contributed by atoms with Crippen LogP contribution < -0.4 is 21.3 Å². The van der Waals surface area contributed by atoms with Gasteiger partial charge < -0.3 is 21.3 Å². The highest BCUT2D eigenvalue weighted by molar-refractivity contribution is 7.61. The van der Waals surface area contributed by atoms with Crippen LogP contribution in [0.3, 0.4) is 0 Å². The molecule has 4 nitrogen and oxygen atoms in total. The Morgan fingerprint density at radius 1 is 0.757 bits per heavy atom. The van der Waals surface area contributed by atoms with E-state index in [1.54, 1.807) is 16.7 Å². The van der Waals surface area contributed by atoms with Crippen molar-refractivity contribution in [3.8, 4) is 0 Å². The summed E-state index contributed by atoms with van der Waals surface area (Å²) in [5, 5.41) is 15.9. The largest absolute Gasteiger partial charge is 0.314 e. The molecule has 214 valence electrons. The number of hydrogen-bond acceptors (Lipinski definition) is 4. The molecule has 6 heteroatoms. The molecule has 2 saturated heterocycles. The third kappa shape index (κ3) is 6.92. The van der Waals surface area contributed by atoms with Crippen molar-refractivity contribution in [2.24, 2.45) is 16.7 Å². The summed E-state index contributed by atoms with van der Waals surface area (Å²) in [6, 6.07) is 0.723. The lowest BCUT2D eigenvalue weighted by Crippen LogP contribution is -2.68. The monoisotopic (exact) mass is 550 g/mol. The van der Waals surface area contributed by atoms with E-state index in [-0.39, 0.29) is 34.2 Å². The summed E-state index contributed by atoms with van der Waals surface area (Å²) < 4.78 is 0. The maximum atomic E-state index is 3.97. The molecule has 0 bridgehead atoms. The molecule has 4 N–H and O–H groups in total. The third-order valence-corrected chi connectivity index (χ3v) is 13.7. The normalized spacial score (nSPS) is 28.5. The first-order valence-electron chi connectivity index (χ1n) is 14.7. The molecular formula is C31H60N4P2. The van der Waals surface area contributed by atoms with Crippen molar-refractivity contribution in [1.29, 1.82) is 0 Å². The third-order valence-electron chi connectivity index (χ3n) is 8.69. The van der Waals surface area contributed by atoms with Crippen LogP contribution in [0, 0.1) is 16.7 Å². The average molecular weight is 551 g/mol. The van der Waals surface area contributed by atoms with Crippen LogP contribution in [0.15, 0.2) is 22.8 Å². The zero-order valence-electron chi connectivity index (χ0n) is 26.3. The predicted molar refractivity (Wildman–Crippen MR) is 171 cm³/mol. The smallest absolute Gasteiger partial charge is 0.0426 e. The first kappa shape index (κ1) is 31.7. The Balaban J connectivity index is 2.31. The molecule has 4 unspecified atom stereocenters. The minimum Gasteiger partial charge on any atom is -0.314 e. The van der Waals surface area contributed by atoms with Gasteiger partial charge in [0, 0.05) is 62.4 Å². The molecule has 0 aromatic heterocycles. The van der Waals surface area contributed by atoms with Crippen LogP contribution in [0.2, 0.25) is 0 Å². The fourth-order valence-corrected chi connectivity index (χ4v) is 11.5. The highest BCUT2D eigenvalue weighted by atomic mass is 31.1. The van der Waals surface area contributed by atoms with Crippen LogP contribution >= 0.6 is 17.2 Å². The molecule has 37 heavy (non-hydrogen) atoms. The van der Waals surface area contributed by atoms with Gasteiger partial charge in [0.15, 0.2) is 0 Å². The summed E-state index contributed by atoms with van der Waals surface area (Å²) in [7, 11) is 3.19. The molecule has 4 atom stereocenters. The van der Waals surface area contributed by atoms with Crippen molar-refractivity contribution >= 4 is 17.2 Å². The van der Waals surface area contributed by atoms with Gasteiger partial charge in [-0.1, -0.05) is 108 Å². The predicted octanol–water partition coefficient (Wildman–Crippen LogP) is 5.75. The van der Waals surface area contributed by atoms with Gasteiger partial charge >= 0.3 is 0 Å². The van der Waals surface area contributed by atoms with Crippen LogP contribution in [0.4, 0.5) is 0 Å².